The van der Waals surface area contributed by atoms with E-state index in [4.69, 9.17) is 23.2 Å². The van der Waals surface area contributed by atoms with Crippen LogP contribution in [0.4, 0.5) is 10.8 Å². The van der Waals surface area contributed by atoms with Gasteiger partial charge in [0.1, 0.15) is 0 Å². The molecule has 0 radical (unpaired) electrons. The van der Waals surface area contributed by atoms with Crippen molar-refractivity contribution in [1.82, 2.24) is 4.98 Å². The number of hydrogen-bond donors (Lipinski definition) is 1. The minimum atomic E-state index is -3.30. The van der Waals surface area contributed by atoms with Gasteiger partial charge in [0.15, 0.2) is 5.13 Å². The van der Waals surface area contributed by atoms with E-state index in [2.05, 4.69) is 10.3 Å². The Labute approximate surface area is 188 Å². The van der Waals surface area contributed by atoms with Crippen molar-refractivity contribution in [3.05, 3.63) is 74.7 Å². The van der Waals surface area contributed by atoms with Crippen LogP contribution in [0.25, 0.3) is 0 Å². The Kier molecular flexibility index (Phi) is 6.02. The molecule has 156 valence electrons. The number of thiazole rings is 1. The summed E-state index contributed by atoms with van der Waals surface area (Å²) in [5, 5.41) is 4.22. The number of carbonyl (C=O) groups is 1. The summed E-state index contributed by atoms with van der Waals surface area (Å²) in [6.45, 7) is 0.426. The molecule has 1 saturated heterocycles. The lowest BCUT2D eigenvalue weighted by atomic mass is 10.1. The minimum Gasteiger partial charge on any atom is -0.298 e. The van der Waals surface area contributed by atoms with E-state index >= 15 is 0 Å². The number of nitrogens with zero attached hydrogens (tertiary/aromatic N) is 2. The average Bonchev–Trinajstić information content (AvgIpc) is 3.30. The van der Waals surface area contributed by atoms with Gasteiger partial charge in [0.2, 0.25) is 10.0 Å². The van der Waals surface area contributed by atoms with Crippen molar-refractivity contribution < 1.29 is 13.2 Å². The monoisotopic (exact) mass is 481 g/mol. The van der Waals surface area contributed by atoms with Crippen molar-refractivity contribution in [3.63, 3.8) is 0 Å². The van der Waals surface area contributed by atoms with Crippen LogP contribution in [-0.2, 0) is 16.4 Å². The highest BCUT2D eigenvalue weighted by Gasteiger charge is 2.28. The van der Waals surface area contributed by atoms with Crippen LogP contribution in [-0.4, -0.2) is 31.6 Å². The fourth-order valence-corrected chi connectivity index (χ4v) is 5.99. The number of anilines is 2. The molecule has 30 heavy (non-hydrogen) atoms. The molecule has 1 aliphatic heterocycles. The fourth-order valence-electron chi connectivity index (χ4n) is 3.22. The summed E-state index contributed by atoms with van der Waals surface area (Å²) in [5.41, 5.74) is 1.74. The lowest BCUT2D eigenvalue weighted by Crippen LogP contribution is -2.25. The van der Waals surface area contributed by atoms with Gasteiger partial charge in [-0.1, -0.05) is 41.4 Å². The molecule has 0 unspecified atom stereocenters. The standard InChI is InChI=1S/C20H17Cl2N3O3S2/c21-17-7-2-4-13(18(17)22)11-16-12-23-20(29-16)24-19(26)14-5-1-6-15(10-14)25-8-3-9-30(25,27)28/h1-2,4-7,10,12H,3,8-9,11H2,(H,23,24,26). The molecule has 4 rings (SSSR count). The summed E-state index contributed by atoms with van der Waals surface area (Å²) in [5.74, 6) is -0.225. The highest BCUT2D eigenvalue weighted by atomic mass is 35.5. The van der Waals surface area contributed by atoms with Crippen molar-refractivity contribution in [2.45, 2.75) is 12.8 Å². The maximum absolute atomic E-state index is 12.7. The van der Waals surface area contributed by atoms with Crippen molar-refractivity contribution in [1.29, 1.82) is 0 Å². The Balaban J connectivity index is 1.47. The number of rotatable bonds is 5. The van der Waals surface area contributed by atoms with Gasteiger partial charge in [0.05, 0.1) is 21.5 Å². The number of carbonyl (C=O) groups excluding carboxylic acids is 1. The van der Waals surface area contributed by atoms with E-state index in [1.165, 1.54) is 15.6 Å². The molecule has 1 fully saturated rings. The van der Waals surface area contributed by atoms with Crippen LogP contribution < -0.4 is 9.62 Å². The van der Waals surface area contributed by atoms with Crippen LogP contribution in [0, 0.1) is 0 Å². The topological polar surface area (TPSA) is 79.4 Å². The molecule has 1 aromatic heterocycles. The number of hydrogen-bond acceptors (Lipinski definition) is 5. The zero-order chi connectivity index (χ0) is 21.3. The molecule has 1 aliphatic rings. The van der Waals surface area contributed by atoms with Crippen LogP contribution in [0.15, 0.2) is 48.7 Å². The third kappa shape index (κ3) is 4.46. The zero-order valence-corrected chi connectivity index (χ0v) is 18.8. The molecule has 2 heterocycles. The lowest BCUT2D eigenvalue weighted by molar-refractivity contribution is 0.102. The van der Waals surface area contributed by atoms with E-state index in [1.54, 1.807) is 36.5 Å². The number of amides is 1. The molecule has 0 atom stereocenters. The Bertz CT molecular complexity index is 1210. The third-order valence-corrected chi connectivity index (χ3v) is 8.31. The second-order valence-electron chi connectivity index (χ2n) is 6.77. The van der Waals surface area contributed by atoms with Crippen LogP contribution in [0.3, 0.4) is 0 Å². The first-order valence-corrected chi connectivity index (χ1v) is 12.3. The van der Waals surface area contributed by atoms with Gasteiger partial charge in [-0.25, -0.2) is 13.4 Å². The second-order valence-corrected chi connectivity index (χ2v) is 10.7. The van der Waals surface area contributed by atoms with Crippen LogP contribution in [0.1, 0.15) is 27.2 Å². The second kappa shape index (κ2) is 8.55. The highest BCUT2D eigenvalue weighted by molar-refractivity contribution is 7.93. The first-order chi connectivity index (χ1) is 14.3. The molecular formula is C20H17Cl2N3O3S2. The number of sulfonamides is 1. The first-order valence-electron chi connectivity index (χ1n) is 9.13. The van der Waals surface area contributed by atoms with Crippen molar-refractivity contribution in [2.24, 2.45) is 0 Å². The summed E-state index contributed by atoms with van der Waals surface area (Å²) in [4.78, 5) is 17.8. The highest BCUT2D eigenvalue weighted by Crippen LogP contribution is 2.30. The van der Waals surface area contributed by atoms with E-state index in [1.807, 2.05) is 12.1 Å². The quantitative estimate of drug-likeness (QED) is 0.565. The molecular weight excluding hydrogens is 465 g/mol. The predicted octanol–water partition coefficient (Wildman–Crippen LogP) is 4.83. The fraction of sp³-hybridized carbons (Fsp3) is 0.200. The van der Waals surface area contributed by atoms with E-state index < -0.39 is 10.0 Å². The van der Waals surface area contributed by atoms with Crippen LogP contribution >= 0.6 is 34.5 Å². The number of halogens is 2. The Hall–Kier alpha value is -2.13. The summed E-state index contributed by atoms with van der Waals surface area (Å²) < 4.78 is 25.6. The molecule has 1 N–H and O–H groups in total. The van der Waals surface area contributed by atoms with Gasteiger partial charge in [0, 0.05) is 29.6 Å². The van der Waals surface area contributed by atoms with Crippen molar-refractivity contribution in [3.8, 4) is 0 Å². The molecule has 0 aliphatic carbocycles. The number of nitrogens with one attached hydrogen (secondary N) is 1. The van der Waals surface area contributed by atoms with E-state index in [-0.39, 0.29) is 11.7 Å². The Morgan fingerprint density at radius 3 is 2.77 bits per heavy atom. The van der Waals surface area contributed by atoms with Gasteiger partial charge in [-0.15, -0.1) is 11.3 Å². The molecule has 0 bridgehead atoms. The van der Waals surface area contributed by atoms with Crippen molar-refractivity contribution in [2.75, 3.05) is 21.9 Å². The molecule has 0 spiro atoms. The molecule has 2 aromatic carbocycles. The smallest absolute Gasteiger partial charge is 0.257 e. The van der Waals surface area contributed by atoms with Crippen LogP contribution in [0.5, 0.6) is 0 Å². The molecule has 6 nitrogen and oxygen atoms in total. The van der Waals surface area contributed by atoms with Gasteiger partial charge in [-0.3, -0.25) is 14.4 Å². The average molecular weight is 482 g/mol. The van der Waals surface area contributed by atoms with E-state index in [9.17, 15) is 13.2 Å². The summed E-state index contributed by atoms with van der Waals surface area (Å²) in [6.07, 6.45) is 2.82. The van der Waals surface area contributed by atoms with Gasteiger partial charge >= 0.3 is 0 Å². The van der Waals surface area contributed by atoms with Gasteiger partial charge in [-0.05, 0) is 36.2 Å². The van der Waals surface area contributed by atoms with Crippen molar-refractivity contribution >= 4 is 61.3 Å². The molecule has 3 aromatic rings. The molecule has 0 saturated carbocycles. The summed E-state index contributed by atoms with van der Waals surface area (Å²) in [6, 6.07) is 12.0. The molecule has 10 heteroatoms. The third-order valence-electron chi connectivity index (χ3n) is 4.67. The van der Waals surface area contributed by atoms with Crippen LogP contribution in [0.2, 0.25) is 10.0 Å². The largest absolute Gasteiger partial charge is 0.298 e. The van der Waals surface area contributed by atoms with E-state index in [0.29, 0.717) is 45.8 Å². The lowest BCUT2D eigenvalue weighted by Gasteiger charge is -2.17. The normalized spacial score (nSPS) is 15.3. The number of aromatic nitrogens is 1. The maximum atomic E-state index is 12.7. The van der Waals surface area contributed by atoms with Gasteiger partial charge < -0.3 is 0 Å². The summed E-state index contributed by atoms with van der Waals surface area (Å²) in [7, 11) is -3.30. The SMILES string of the molecule is O=C(Nc1ncc(Cc2cccc(Cl)c2Cl)s1)c1cccc(N2CCCS2(=O)=O)c1. The summed E-state index contributed by atoms with van der Waals surface area (Å²) >= 11 is 13.6. The Morgan fingerprint density at radius 2 is 2.00 bits per heavy atom. The zero-order valence-electron chi connectivity index (χ0n) is 15.6. The number of benzene rings is 2. The minimum absolute atomic E-state index is 0.127. The van der Waals surface area contributed by atoms with Gasteiger partial charge in [-0.2, -0.15) is 0 Å². The first kappa shape index (κ1) is 21.1. The Morgan fingerprint density at radius 1 is 1.20 bits per heavy atom. The van der Waals surface area contributed by atoms with E-state index in [0.717, 1.165) is 10.4 Å². The maximum Gasteiger partial charge on any atom is 0.257 e. The predicted molar refractivity (Wildman–Crippen MR) is 122 cm³/mol. The van der Waals surface area contributed by atoms with Gasteiger partial charge in [0.25, 0.3) is 5.91 Å². The molecule has 1 amide bonds.